The SMILES string of the molecule is CCCN(CC1CC1)C(=O)CCc1nc(-c2ccc(Cl)cc2)no1. The molecule has 3 rings (SSSR count). The second kappa shape index (κ2) is 7.79. The van der Waals surface area contributed by atoms with E-state index < -0.39 is 0 Å². The van der Waals surface area contributed by atoms with Crippen LogP contribution in [-0.4, -0.2) is 34.0 Å². The van der Waals surface area contributed by atoms with Gasteiger partial charge < -0.3 is 9.42 Å². The lowest BCUT2D eigenvalue weighted by atomic mass is 10.2. The van der Waals surface area contributed by atoms with Crippen LogP contribution in [0.5, 0.6) is 0 Å². The molecule has 0 unspecified atom stereocenters. The van der Waals surface area contributed by atoms with E-state index in [1.165, 1.54) is 12.8 Å². The molecular weight excluding hydrogens is 326 g/mol. The number of hydrogen-bond acceptors (Lipinski definition) is 4. The van der Waals surface area contributed by atoms with Gasteiger partial charge in [-0.05, 0) is 49.4 Å². The molecule has 0 aliphatic heterocycles. The zero-order valence-electron chi connectivity index (χ0n) is 13.9. The first-order chi connectivity index (χ1) is 11.7. The lowest BCUT2D eigenvalue weighted by molar-refractivity contribution is -0.131. The zero-order chi connectivity index (χ0) is 16.9. The molecule has 0 atom stereocenters. The average molecular weight is 348 g/mol. The second-order valence-electron chi connectivity index (χ2n) is 6.30. The summed E-state index contributed by atoms with van der Waals surface area (Å²) in [6.07, 6.45) is 4.38. The van der Waals surface area contributed by atoms with E-state index >= 15 is 0 Å². The van der Waals surface area contributed by atoms with Crippen LogP contribution in [0.2, 0.25) is 5.02 Å². The van der Waals surface area contributed by atoms with E-state index in [0.29, 0.717) is 35.5 Å². The summed E-state index contributed by atoms with van der Waals surface area (Å²) in [6.45, 7) is 3.82. The van der Waals surface area contributed by atoms with Gasteiger partial charge in [0.05, 0.1) is 0 Å². The molecule has 0 radical (unpaired) electrons. The van der Waals surface area contributed by atoms with E-state index in [9.17, 15) is 4.79 Å². The van der Waals surface area contributed by atoms with Crippen molar-refractivity contribution in [3.8, 4) is 11.4 Å². The maximum Gasteiger partial charge on any atom is 0.227 e. The first kappa shape index (κ1) is 17.0. The van der Waals surface area contributed by atoms with E-state index in [0.717, 1.165) is 25.1 Å². The maximum absolute atomic E-state index is 12.4. The summed E-state index contributed by atoms with van der Waals surface area (Å²) in [6, 6.07) is 7.27. The fourth-order valence-electron chi connectivity index (χ4n) is 2.64. The second-order valence-corrected chi connectivity index (χ2v) is 6.74. The number of carbonyl (C=O) groups is 1. The van der Waals surface area contributed by atoms with Gasteiger partial charge in [-0.25, -0.2) is 0 Å². The number of benzene rings is 1. The lowest BCUT2D eigenvalue weighted by Gasteiger charge is -2.21. The standard InChI is InChI=1S/C18H22ClN3O2/c1-2-11-22(12-13-3-4-13)17(23)10-9-16-20-18(21-24-16)14-5-7-15(19)8-6-14/h5-8,13H,2-4,9-12H2,1H3. The number of nitrogens with zero attached hydrogens (tertiary/aromatic N) is 3. The van der Waals surface area contributed by atoms with Gasteiger partial charge in [-0.2, -0.15) is 4.98 Å². The summed E-state index contributed by atoms with van der Waals surface area (Å²) in [5.41, 5.74) is 0.849. The number of aryl methyl sites for hydroxylation is 1. The number of carbonyl (C=O) groups excluding carboxylic acids is 1. The molecule has 0 saturated heterocycles. The van der Waals surface area contributed by atoms with Crippen LogP contribution in [0.25, 0.3) is 11.4 Å². The Morgan fingerprint density at radius 2 is 2.08 bits per heavy atom. The first-order valence-electron chi connectivity index (χ1n) is 8.52. The third-order valence-electron chi connectivity index (χ3n) is 4.14. The Bertz CT molecular complexity index is 680. The normalized spacial score (nSPS) is 13.9. The smallest absolute Gasteiger partial charge is 0.227 e. The molecule has 2 aromatic rings. The van der Waals surface area contributed by atoms with Gasteiger partial charge in [0.1, 0.15) is 0 Å². The average Bonchev–Trinajstić information content (AvgIpc) is 3.28. The van der Waals surface area contributed by atoms with E-state index in [4.69, 9.17) is 16.1 Å². The summed E-state index contributed by atoms with van der Waals surface area (Å²) in [4.78, 5) is 18.8. The lowest BCUT2D eigenvalue weighted by Crippen LogP contribution is -2.33. The Hall–Kier alpha value is -1.88. The van der Waals surface area contributed by atoms with Crippen molar-refractivity contribution >= 4 is 17.5 Å². The Morgan fingerprint density at radius 3 is 2.75 bits per heavy atom. The third-order valence-corrected chi connectivity index (χ3v) is 4.40. The molecule has 0 spiro atoms. The van der Waals surface area contributed by atoms with Gasteiger partial charge in [-0.15, -0.1) is 0 Å². The predicted octanol–water partition coefficient (Wildman–Crippen LogP) is 3.97. The van der Waals surface area contributed by atoms with E-state index in [-0.39, 0.29) is 5.91 Å². The van der Waals surface area contributed by atoms with Crippen molar-refractivity contribution < 1.29 is 9.32 Å². The molecule has 1 heterocycles. The molecule has 1 amide bonds. The minimum Gasteiger partial charge on any atom is -0.342 e. The molecule has 1 saturated carbocycles. The molecule has 0 N–H and O–H groups in total. The topological polar surface area (TPSA) is 59.2 Å². The summed E-state index contributed by atoms with van der Waals surface area (Å²) in [7, 11) is 0. The number of rotatable bonds is 8. The molecule has 0 bridgehead atoms. The van der Waals surface area contributed by atoms with Crippen LogP contribution in [0, 0.1) is 5.92 Å². The van der Waals surface area contributed by atoms with Crippen LogP contribution in [0.3, 0.4) is 0 Å². The Kier molecular flexibility index (Phi) is 5.51. The molecule has 1 aliphatic carbocycles. The van der Waals surface area contributed by atoms with Crippen molar-refractivity contribution in [2.45, 2.75) is 39.0 Å². The summed E-state index contributed by atoms with van der Waals surface area (Å²) in [5, 5.41) is 4.65. The first-order valence-corrected chi connectivity index (χ1v) is 8.89. The van der Waals surface area contributed by atoms with Crippen LogP contribution in [0.1, 0.15) is 38.5 Å². The van der Waals surface area contributed by atoms with Gasteiger partial charge in [0.15, 0.2) is 0 Å². The van der Waals surface area contributed by atoms with Crippen LogP contribution in [0.15, 0.2) is 28.8 Å². The minimum absolute atomic E-state index is 0.176. The number of hydrogen-bond donors (Lipinski definition) is 0. The van der Waals surface area contributed by atoms with Gasteiger partial charge in [0.2, 0.25) is 17.6 Å². The highest BCUT2D eigenvalue weighted by Gasteiger charge is 2.26. The van der Waals surface area contributed by atoms with Crippen molar-refractivity contribution in [1.29, 1.82) is 0 Å². The van der Waals surface area contributed by atoms with Gasteiger partial charge in [-0.1, -0.05) is 23.7 Å². The molecular formula is C18H22ClN3O2. The third kappa shape index (κ3) is 4.57. The molecule has 1 aromatic heterocycles. The number of aromatic nitrogens is 2. The van der Waals surface area contributed by atoms with Crippen LogP contribution in [0.4, 0.5) is 0 Å². The van der Waals surface area contributed by atoms with Crippen LogP contribution in [-0.2, 0) is 11.2 Å². The number of halogens is 1. The van der Waals surface area contributed by atoms with Crippen molar-refractivity contribution in [2.24, 2.45) is 5.92 Å². The van der Waals surface area contributed by atoms with Crippen molar-refractivity contribution in [3.05, 3.63) is 35.2 Å². The fraction of sp³-hybridized carbons (Fsp3) is 0.500. The van der Waals surface area contributed by atoms with E-state index in [2.05, 4.69) is 17.1 Å². The van der Waals surface area contributed by atoms with Gasteiger partial charge in [-0.3, -0.25) is 4.79 Å². The van der Waals surface area contributed by atoms with Gasteiger partial charge >= 0.3 is 0 Å². The Labute approximate surface area is 147 Å². The summed E-state index contributed by atoms with van der Waals surface area (Å²) >= 11 is 5.88. The van der Waals surface area contributed by atoms with Crippen LogP contribution >= 0.6 is 11.6 Å². The van der Waals surface area contributed by atoms with Gasteiger partial charge in [0.25, 0.3) is 0 Å². The Balaban J connectivity index is 1.56. The summed E-state index contributed by atoms with van der Waals surface area (Å²) in [5.74, 6) is 1.91. The quantitative estimate of drug-likeness (QED) is 0.725. The maximum atomic E-state index is 12.4. The van der Waals surface area contributed by atoms with Crippen molar-refractivity contribution in [2.75, 3.05) is 13.1 Å². The monoisotopic (exact) mass is 347 g/mol. The Morgan fingerprint density at radius 1 is 1.33 bits per heavy atom. The summed E-state index contributed by atoms with van der Waals surface area (Å²) < 4.78 is 5.27. The highest BCUT2D eigenvalue weighted by Crippen LogP contribution is 2.30. The fourth-order valence-corrected chi connectivity index (χ4v) is 2.77. The van der Waals surface area contributed by atoms with E-state index in [1.807, 2.05) is 17.0 Å². The molecule has 24 heavy (non-hydrogen) atoms. The van der Waals surface area contributed by atoms with Gasteiger partial charge in [0, 0.05) is 36.5 Å². The van der Waals surface area contributed by atoms with Crippen LogP contribution < -0.4 is 0 Å². The molecule has 1 aromatic carbocycles. The molecule has 128 valence electrons. The largest absolute Gasteiger partial charge is 0.342 e. The molecule has 1 aliphatic rings. The van der Waals surface area contributed by atoms with Crippen molar-refractivity contribution in [3.63, 3.8) is 0 Å². The predicted molar refractivity (Wildman–Crippen MR) is 92.7 cm³/mol. The number of amides is 1. The zero-order valence-corrected chi connectivity index (χ0v) is 14.6. The highest BCUT2D eigenvalue weighted by atomic mass is 35.5. The van der Waals surface area contributed by atoms with E-state index in [1.54, 1.807) is 12.1 Å². The highest BCUT2D eigenvalue weighted by molar-refractivity contribution is 6.30. The molecule has 5 nitrogen and oxygen atoms in total. The molecule has 6 heteroatoms. The molecule has 1 fully saturated rings. The minimum atomic E-state index is 0.176. The van der Waals surface area contributed by atoms with Crippen molar-refractivity contribution in [1.82, 2.24) is 15.0 Å².